The van der Waals surface area contributed by atoms with Gasteiger partial charge < -0.3 is 28.4 Å². The van der Waals surface area contributed by atoms with E-state index >= 15 is 0 Å². The summed E-state index contributed by atoms with van der Waals surface area (Å²) in [5, 5.41) is 0. The summed E-state index contributed by atoms with van der Waals surface area (Å²) in [5.41, 5.74) is 4.42. The van der Waals surface area contributed by atoms with Crippen molar-refractivity contribution in [1.82, 2.24) is 0 Å². The van der Waals surface area contributed by atoms with E-state index in [0.29, 0.717) is 39.6 Å². The average molecular weight is 579 g/mol. The summed E-state index contributed by atoms with van der Waals surface area (Å²) in [7, 11) is 0. The SMILES string of the molecule is CCCCCC(C1C(OCC)=C(OCC)c2c(OCC)cccc21)C1C(OCC)=C(OCC)c2c(OCC)cccc21. The van der Waals surface area contributed by atoms with Gasteiger partial charge in [0.25, 0.3) is 0 Å². The Morgan fingerprint density at radius 3 is 1.33 bits per heavy atom. The largest absolute Gasteiger partial charge is 0.494 e. The van der Waals surface area contributed by atoms with Gasteiger partial charge in [0, 0.05) is 0 Å². The lowest BCUT2D eigenvalue weighted by molar-refractivity contribution is 0.148. The highest BCUT2D eigenvalue weighted by Crippen LogP contribution is 2.59. The van der Waals surface area contributed by atoms with E-state index < -0.39 is 0 Å². The Kier molecular flexibility index (Phi) is 11.5. The number of rotatable bonds is 18. The Labute approximate surface area is 253 Å². The molecule has 2 unspecified atom stereocenters. The summed E-state index contributed by atoms with van der Waals surface area (Å²) in [4.78, 5) is 0. The van der Waals surface area contributed by atoms with Crippen molar-refractivity contribution < 1.29 is 28.4 Å². The van der Waals surface area contributed by atoms with Gasteiger partial charge in [0.15, 0.2) is 11.5 Å². The molecule has 0 heterocycles. The van der Waals surface area contributed by atoms with Gasteiger partial charge in [0.2, 0.25) is 0 Å². The van der Waals surface area contributed by atoms with Gasteiger partial charge in [-0.05, 0) is 77.1 Å². The second kappa shape index (κ2) is 15.3. The lowest BCUT2D eigenvalue weighted by Crippen LogP contribution is -2.24. The van der Waals surface area contributed by atoms with Crippen LogP contribution >= 0.6 is 0 Å². The highest BCUT2D eigenvalue weighted by atomic mass is 16.5. The van der Waals surface area contributed by atoms with Crippen LogP contribution in [0, 0.1) is 5.92 Å². The minimum atomic E-state index is -0.0382. The molecule has 0 N–H and O–H groups in total. The Bertz CT molecular complexity index is 1150. The van der Waals surface area contributed by atoms with Gasteiger partial charge in [-0.2, -0.15) is 0 Å². The summed E-state index contributed by atoms with van der Waals surface area (Å²) in [5.74, 6) is 5.12. The number of fused-ring (bicyclic) bond motifs is 2. The second-order valence-corrected chi connectivity index (χ2v) is 10.5. The monoisotopic (exact) mass is 578 g/mol. The van der Waals surface area contributed by atoms with Crippen molar-refractivity contribution in [3.8, 4) is 11.5 Å². The van der Waals surface area contributed by atoms with E-state index in [9.17, 15) is 0 Å². The van der Waals surface area contributed by atoms with Crippen LogP contribution in [-0.4, -0.2) is 39.6 Å². The van der Waals surface area contributed by atoms with Crippen LogP contribution in [0.15, 0.2) is 47.9 Å². The van der Waals surface area contributed by atoms with Crippen molar-refractivity contribution in [1.29, 1.82) is 0 Å². The molecule has 0 radical (unpaired) electrons. The molecule has 42 heavy (non-hydrogen) atoms. The lowest BCUT2D eigenvalue weighted by atomic mass is 9.73. The molecular formula is C36H50O6. The molecular weight excluding hydrogens is 528 g/mol. The fourth-order valence-electron chi connectivity index (χ4n) is 6.67. The molecule has 0 amide bonds. The zero-order valence-corrected chi connectivity index (χ0v) is 26.7. The van der Waals surface area contributed by atoms with E-state index in [2.05, 4.69) is 31.2 Å². The van der Waals surface area contributed by atoms with E-state index in [1.807, 2.05) is 53.7 Å². The van der Waals surface area contributed by atoms with E-state index in [1.54, 1.807) is 0 Å². The van der Waals surface area contributed by atoms with Gasteiger partial charge in [0.1, 0.15) is 23.0 Å². The molecule has 0 fully saturated rings. The molecule has 2 atom stereocenters. The van der Waals surface area contributed by atoms with Crippen molar-refractivity contribution >= 4 is 11.5 Å². The summed E-state index contributed by atoms with van der Waals surface area (Å²) in [6.45, 7) is 17.8. The van der Waals surface area contributed by atoms with Crippen LogP contribution in [0.25, 0.3) is 11.5 Å². The maximum atomic E-state index is 6.55. The number of allylic oxidation sites excluding steroid dienone is 2. The molecule has 2 aromatic rings. The minimum Gasteiger partial charge on any atom is -0.494 e. The van der Waals surface area contributed by atoms with E-state index in [0.717, 1.165) is 71.3 Å². The van der Waals surface area contributed by atoms with Crippen LogP contribution in [0.4, 0.5) is 0 Å². The number of hydrogen-bond acceptors (Lipinski definition) is 6. The molecule has 2 aliphatic carbocycles. The summed E-state index contributed by atoms with van der Waals surface area (Å²) >= 11 is 0. The Hall–Kier alpha value is -3.28. The smallest absolute Gasteiger partial charge is 0.168 e. The second-order valence-electron chi connectivity index (χ2n) is 10.5. The topological polar surface area (TPSA) is 55.4 Å². The van der Waals surface area contributed by atoms with Crippen LogP contribution in [0.2, 0.25) is 0 Å². The molecule has 6 heteroatoms. The van der Waals surface area contributed by atoms with Crippen molar-refractivity contribution in [2.75, 3.05) is 39.6 Å². The van der Waals surface area contributed by atoms with Crippen LogP contribution in [0.5, 0.6) is 11.5 Å². The number of hydrogen-bond donors (Lipinski definition) is 0. The molecule has 0 spiro atoms. The highest BCUT2D eigenvalue weighted by molar-refractivity contribution is 5.80. The fraction of sp³-hybridized carbons (Fsp3) is 0.556. The predicted octanol–water partition coefficient (Wildman–Crippen LogP) is 9.06. The van der Waals surface area contributed by atoms with Crippen molar-refractivity contribution in [3.63, 3.8) is 0 Å². The van der Waals surface area contributed by atoms with E-state index in [1.165, 1.54) is 11.1 Å². The normalized spacial score (nSPS) is 18.1. The Morgan fingerprint density at radius 2 is 0.952 bits per heavy atom. The highest BCUT2D eigenvalue weighted by Gasteiger charge is 2.49. The molecule has 0 aliphatic heterocycles. The molecule has 230 valence electrons. The van der Waals surface area contributed by atoms with Gasteiger partial charge in [-0.15, -0.1) is 0 Å². The molecule has 2 aliphatic rings. The third-order valence-electron chi connectivity index (χ3n) is 8.03. The van der Waals surface area contributed by atoms with Crippen LogP contribution in [0.3, 0.4) is 0 Å². The van der Waals surface area contributed by atoms with Crippen LogP contribution < -0.4 is 9.47 Å². The molecule has 0 saturated heterocycles. The quantitative estimate of drug-likeness (QED) is 0.165. The summed E-state index contributed by atoms with van der Waals surface area (Å²) < 4.78 is 38.2. The van der Waals surface area contributed by atoms with Gasteiger partial charge in [-0.25, -0.2) is 0 Å². The molecule has 0 aromatic heterocycles. The first-order valence-corrected chi connectivity index (χ1v) is 16.1. The standard InChI is InChI=1S/C36H50O6/c1-8-15-16-19-24(29-25-20-17-22-27(37-9-2)31(25)35(41-13-6)33(29)39-11-4)30-26-21-18-23-28(38-10-3)32(26)36(42-14-7)34(30)40-12-5/h17-18,20-24,29-30H,8-16,19H2,1-7H3. The number of benzene rings is 2. The lowest BCUT2D eigenvalue weighted by Gasteiger charge is -2.33. The molecule has 4 rings (SSSR count). The van der Waals surface area contributed by atoms with Gasteiger partial charge in [-0.3, -0.25) is 0 Å². The zero-order chi connectivity index (χ0) is 30.1. The molecule has 0 saturated carbocycles. The first kappa shape index (κ1) is 31.7. The van der Waals surface area contributed by atoms with Gasteiger partial charge >= 0.3 is 0 Å². The van der Waals surface area contributed by atoms with Crippen molar-refractivity contribution in [3.05, 3.63) is 70.2 Å². The minimum absolute atomic E-state index is 0.0382. The third kappa shape index (κ3) is 6.09. The Morgan fingerprint density at radius 1 is 0.524 bits per heavy atom. The van der Waals surface area contributed by atoms with E-state index in [4.69, 9.17) is 28.4 Å². The van der Waals surface area contributed by atoms with E-state index in [-0.39, 0.29) is 17.8 Å². The molecule has 2 aromatic carbocycles. The van der Waals surface area contributed by atoms with Gasteiger partial charge in [-0.1, -0.05) is 50.5 Å². The molecule has 6 nitrogen and oxygen atoms in total. The zero-order valence-electron chi connectivity index (χ0n) is 26.7. The maximum Gasteiger partial charge on any atom is 0.168 e. The summed E-state index contributed by atoms with van der Waals surface area (Å²) in [6, 6.07) is 12.7. The third-order valence-corrected chi connectivity index (χ3v) is 8.03. The molecule has 0 bridgehead atoms. The first-order chi connectivity index (χ1) is 20.6. The van der Waals surface area contributed by atoms with Crippen molar-refractivity contribution in [2.24, 2.45) is 5.92 Å². The first-order valence-electron chi connectivity index (χ1n) is 16.1. The number of unbranched alkanes of at least 4 members (excludes halogenated alkanes) is 2. The summed E-state index contributed by atoms with van der Waals surface area (Å²) in [6.07, 6.45) is 4.40. The van der Waals surface area contributed by atoms with Crippen LogP contribution in [-0.2, 0) is 18.9 Å². The number of ether oxygens (including phenoxy) is 6. The maximum absolute atomic E-state index is 6.55. The van der Waals surface area contributed by atoms with Crippen molar-refractivity contribution in [2.45, 2.75) is 86.0 Å². The van der Waals surface area contributed by atoms with Crippen LogP contribution in [0.1, 0.15) is 108 Å². The average Bonchev–Trinajstić information content (AvgIpc) is 3.46. The Balaban J connectivity index is 2.00. The fourth-order valence-corrected chi connectivity index (χ4v) is 6.67. The van der Waals surface area contributed by atoms with Gasteiger partial charge in [0.05, 0.1) is 62.6 Å². The predicted molar refractivity (Wildman–Crippen MR) is 169 cm³/mol.